The van der Waals surface area contributed by atoms with Gasteiger partial charge in [-0.05, 0) is 83.0 Å². The maximum Gasteiger partial charge on any atom is 0.226 e. The van der Waals surface area contributed by atoms with Crippen molar-refractivity contribution in [2.45, 2.75) is 122 Å². The molecule has 0 spiro atoms. The van der Waals surface area contributed by atoms with Crippen LogP contribution in [-0.4, -0.2) is 33.6 Å². The van der Waals surface area contributed by atoms with E-state index in [4.69, 9.17) is 214 Å². The molecule has 0 aliphatic carbocycles. The zero-order chi connectivity index (χ0) is 56.6. The van der Waals surface area contributed by atoms with E-state index in [1.807, 2.05) is 24.3 Å². The first-order valence-corrected chi connectivity index (χ1v) is 31.3. The van der Waals surface area contributed by atoms with Gasteiger partial charge in [-0.1, -0.05) is 417 Å². The molecule has 6 aromatic rings. The maximum atomic E-state index is 8.55. The van der Waals surface area contributed by atoms with E-state index in [1.165, 1.54) is 0 Å². The average molecular weight is 1400 g/mol. The number of halogens is 18. The van der Waals surface area contributed by atoms with Crippen LogP contribution >= 0.6 is 209 Å². The Morgan fingerprint density at radius 2 is 0.506 bits per heavy atom. The molecule has 6 aromatic carbocycles. The molecule has 0 aliphatic heterocycles. The van der Waals surface area contributed by atoms with Gasteiger partial charge in [0, 0.05) is 0 Å². The lowest BCUT2D eigenvalue weighted by atomic mass is 9.73. The van der Waals surface area contributed by atoms with Crippen LogP contribution in [0.25, 0.3) is 0 Å². The summed E-state index contributed by atoms with van der Waals surface area (Å²) in [4.78, 5) is 0. The van der Waals surface area contributed by atoms with E-state index in [1.54, 1.807) is 0 Å². The molecule has 0 atom stereocenters. The van der Waals surface area contributed by atoms with Crippen LogP contribution in [0, 0.1) is 0 Å². The van der Waals surface area contributed by atoms with Crippen molar-refractivity contribution in [3.05, 3.63) is 214 Å². The second kappa shape index (κ2) is 27.7. The number of aryl methyl sites for hydroxylation is 2. The molecule has 19 heteroatoms. The quantitative estimate of drug-likeness (QED) is 0.0299. The van der Waals surface area contributed by atoms with Crippen molar-refractivity contribution in [1.82, 2.24) is 0 Å². The van der Waals surface area contributed by atoms with E-state index < -0.39 is 44.8 Å². The number of benzene rings is 6. The first-order valence-electron chi connectivity index (χ1n) is 24.5. The molecule has 0 N–H and O–H groups in total. The summed E-state index contributed by atoms with van der Waals surface area (Å²) in [6, 6.07) is 58.6. The predicted molar refractivity (Wildman–Crippen MR) is 340 cm³/mol. The van der Waals surface area contributed by atoms with E-state index in [2.05, 4.69) is 146 Å². The molecule has 0 saturated carbocycles. The molecule has 0 unspecified atom stereocenters. The molecule has 0 fully saturated rings. The van der Waals surface area contributed by atoms with Gasteiger partial charge in [-0.3, -0.25) is 0 Å². The van der Waals surface area contributed by atoms with Crippen molar-refractivity contribution in [1.29, 1.82) is 0 Å². The minimum Gasteiger partial charge on any atom is -0.340 e. The van der Waals surface area contributed by atoms with E-state index in [0.29, 0.717) is 38.5 Å². The summed E-state index contributed by atoms with van der Waals surface area (Å²) in [6.07, 6.45) is 7.24. The van der Waals surface area contributed by atoms with Crippen molar-refractivity contribution >= 4 is 209 Å². The van der Waals surface area contributed by atoms with Crippen LogP contribution in [-0.2, 0) is 28.8 Å². The highest BCUT2D eigenvalue weighted by Gasteiger charge is 2.69. The van der Waals surface area contributed by atoms with Gasteiger partial charge in [0.2, 0.25) is 7.59 Å². The van der Waals surface area contributed by atoms with Gasteiger partial charge in [0.05, 0.1) is 0 Å². The Bertz CT molecular complexity index is 2510. The molecule has 77 heavy (non-hydrogen) atoms. The number of unbranched alkanes of at least 4 members (excludes halogenated alkanes) is 6. The fourth-order valence-corrected chi connectivity index (χ4v) is 14.1. The van der Waals surface area contributed by atoms with Gasteiger partial charge in [0.15, 0.2) is 26.0 Å². The van der Waals surface area contributed by atoms with E-state index in [0.717, 1.165) is 70.2 Å². The van der Waals surface area contributed by atoms with Crippen molar-refractivity contribution in [2.75, 3.05) is 0 Å². The molecule has 416 valence electrons. The predicted octanol–water partition coefficient (Wildman–Crippen LogP) is 23.8. The molecule has 6 rings (SSSR count). The molecule has 0 radical (unpaired) electrons. The Balaban J connectivity index is 1.40. The fraction of sp³-hybridized carbons (Fsp3) is 0.379. The number of rotatable bonds is 26. The van der Waals surface area contributed by atoms with Crippen molar-refractivity contribution in [3.63, 3.8) is 0 Å². The molecule has 0 aromatic heterocycles. The van der Waals surface area contributed by atoms with Gasteiger partial charge < -0.3 is 4.74 Å². The highest BCUT2D eigenvalue weighted by molar-refractivity contribution is 6.81. The summed E-state index contributed by atoms with van der Waals surface area (Å²) in [5.74, 6) is 0. The SMILES string of the molecule is ClC(Cl)(Cl)C(Cl)(Cl)C(Cl)(Cl)C(Cl)(Cl)CCCCCCc1ccccc1C(OC(c1ccccc1)(c1ccccc1)c1ccccc1CCCCCCC(Cl)(Cl)C(Cl)(Cl)C(Cl)(Cl)C(Cl)(Cl)Cl)(c1ccccc1)c1ccccc1. The van der Waals surface area contributed by atoms with E-state index in [-0.39, 0.29) is 12.8 Å². The molecule has 0 aliphatic rings. The van der Waals surface area contributed by atoms with Gasteiger partial charge >= 0.3 is 0 Å². The highest BCUT2D eigenvalue weighted by atomic mass is 35.6. The van der Waals surface area contributed by atoms with Crippen molar-refractivity contribution in [3.8, 4) is 0 Å². The molecule has 0 bridgehead atoms. The smallest absolute Gasteiger partial charge is 0.226 e. The van der Waals surface area contributed by atoms with Crippen LogP contribution in [0.3, 0.4) is 0 Å². The summed E-state index contributed by atoms with van der Waals surface area (Å²) in [7, 11) is 0. The Morgan fingerprint density at radius 1 is 0.260 bits per heavy atom. The summed E-state index contributed by atoms with van der Waals surface area (Å²) >= 11 is 115. The lowest BCUT2D eigenvalue weighted by Gasteiger charge is -2.47. The number of hydrogen-bond donors (Lipinski definition) is 0. The minimum atomic E-state index is -2.34. The topological polar surface area (TPSA) is 9.23 Å². The average Bonchev–Trinajstić information content (AvgIpc) is 3.48. The van der Waals surface area contributed by atoms with Gasteiger partial charge in [-0.2, -0.15) is 0 Å². The van der Waals surface area contributed by atoms with Gasteiger partial charge in [0.25, 0.3) is 0 Å². The van der Waals surface area contributed by atoms with Crippen LogP contribution in [0.15, 0.2) is 170 Å². The minimum absolute atomic E-state index is 0.112. The number of hydrogen-bond acceptors (Lipinski definition) is 1. The molecule has 1 nitrogen and oxygen atoms in total. The third kappa shape index (κ3) is 14.6. The first-order chi connectivity index (χ1) is 36.0. The monoisotopic (exact) mass is 1390 g/mol. The Kier molecular flexibility index (Phi) is 24.0. The second-order valence-electron chi connectivity index (χ2n) is 18.8. The summed E-state index contributed by atoms with van der Waals surface area (Å²) < 4.78 is -8.97. The zero-order valence-corrected chi connectivity index (χ0v) is 54.5. The molecule has 0 saturated heterocycles. The summed E-state index contributed by atoms with van der Waals surface area (Å²) in [5.41, 5.74) is 5.44. The lowest BCUT2D eigenvalue weighted by molar-refractivity contribution is -0.0818. The highest BCUT2D eigenvalue weighted by Crippen LogP contribution is 2.65. The number of ether oxygens (including phenoxy) is 1. The van der Waals surface area contributed by atoms with E-state index in [9.17, 15) is 0 Å². The summed E-state index contributed by atoms with van der Waals surface area (Å²) in [5, 5.41) is 0. The Labute approximate surface area is 543 Å². The van der Waals surface area contributed by atoms with E-state index >= 15 is 0 Å². The third-order valence-corrected chi connectivity index (χ3v) is 24.6. The maximum absolute atomic E-state index is 8.55. The Morgan fingerprint density at radius 3 is 0.779 bits per heavy atom. The normalized spacial score (nSPS) is 13.7. The summed E-state index contributed by atoms with van der Waals surface area (Å²) in [6.45, 7) is 0. The lowest BCUT2D eigenvalue weighted by Crippen LogP contribution is -2.56. The molecule has 0 heterocycles. The van der Waals surface area contributed by atoms with Crippen LogP contribution < -0.4 is 0 Å². The molecular formula is C58H52Cl18O. The third-order valence-electron chi connectivity index (χ3n) is 13.6. The van der Waals surface area contributed by atoms with Crippen LogP contribution in [0.5, 0.6) is 0 Å². The van der Waals surface area contributed by atoms with Crippen LogP contribution in [0.1, 0.15) is 109 Å². The van der Waals surface area contributed by atoms with Gasteiger partial charge in [-0.15, -0.1) is 0 Å². The Hall–Kier alpha value is 0.500. The second-order valence-corrected chi connectivity index (χ2v) is 31.6. The molecular weight excluding hydrogens is 1350 g/mol. The van der Waals surface area contributed by atoms with Crippen molar-refractivity contribution in [2.24, 2.45) is 0 Å². The fourth-order valence-electron chi connectivity index (χ4n) is 9.55. The van der Waals surface area contributed by atoms with Crippen LogP contribution in [0.4, 0.5) is 0 Å². The van der Waals surface area contributed by atoms with Crippen LogP contribution in [0.2, 0.25) is 0 Å². The van der Waals surface area contributed by atoms with Gasteiger partial charge in [-0.25, -0.2) is 0 Å². The number of alkyl halides is 18. The van der Waals surface area contributed by atoms with Gasteiger partial charge in [0.1, 0.15) is 11.2 Å². The largest absolute Gasteiger partial charge is 0.340 e. The first kappa shape index (κ1) is 66.6. The standard InChI is InChI=1S/C58H52Cl18O/c59-49(60,53(63,64)55(67,68)57(71,72)73)39-23-3-1-9-25-41-27-19-21-37-47(41)51(43-29-11-5-12-30-43,44-31-13-6-14-32-44)77-52(45-33-15-7-16-34-45,46-35-17-8-18-36-46)48-38-22-20-28-42(48)26-10-2-4-24-40-50(61,62)54(65,66)56(69,70)58(74,75)76/h5-8,11-22,27-38H,1-4,9-10,23-26,39-40H2. The van der Waals surface area contributed by atoms with Crippen molar-refractivity contribution < 1.29 is 4.74 Å². The zero-order valence-electron chi connectivity index (χ0n) is 40.9. The molecule has 0 amide bonds.